The molecule has 128 valence electrons. The maximum absolute atomic E-state index is 12.7. The number of benzene rings is 1. The molecule has 1 atom stereocenters. The van der Waals surface area contributed by atoms with Gasteiger partial charge in [-0.25, -0.2) is 9.97 Å². The third-order valence-electron chi connectivity index (χ3n) is 4.62. The number of rotatable bonds is 3. The molecule has 0 spiro atoms. The summed E-state index contributed by atoms with van der Waals surface area (Å²) in [6.07, 6.45) is 3.70. The molecule has 1 N–H and O–H groups in total. The van der Waals surface area contributed by atoms with Crippen LogP contribution in [0.25, 0.3) is 10.3 Å². The van der Waals surface area contributed by atoms with Gasteiger partial charge in [0.25, 0.3) is 0 Å². The molecule has 25 heavy (non-hydrogen) atoms. The van der Waals surface area contributed by atoms with Crippen LogP contribution in [-0.2, 0) is 4.79 Å². The van der Waals surface area contributed by atoms with E-state index in [0.717, 1.165) is 46.1 Å². The van der Waals surface area contributed by atoms with E-state index in [1.807, 2.05) is 43.3 Å². The zero-order chi connectivity index (χ0) is 17.2. The number of hydrogen-bond acceptors (Lipinski definition) is 5. The normalized spacial score (nSPS) is 17.6. The van der Waals surface area contributed by atoms with Crippen LogP contribution in [0.1, 0.15) is 18.4 Å². The fourth-order valence-corrected chi connectivity index (χ4v) is 4.15. The minimum absolute atomic E-state index is 0.0201. The van der Waals surface area contributed by atoms with Gasteiger partial charge in [-0.1, -0.05) is 29.5 Å². The minimum atomic E-state index is -0.0201. The van der Waals surface area contributed by atoms with Crippen molar-refractivity contribution in [3.8, 4) is 0 Å². The first-order valence-electron chi connectivity index (χ1n) is 8.54. The number of carbonyl (C=O) groups is 1. The van der Waals surface area contributed by atoms with Gasteiger partial charge in [-0.05, 0) is 43.5 Å². The predicted molar refractivity (Wildman–Crippen MR) is 102 cm³/mol. The maximum Gasteiger partial charge on any atom is 0.229 e. The van der Waals surface area contributed by atoms with Gasteiger partial charge in [-0.2, -0.15) is 0 Å². The first-order valence-corrected chi connectivity index (χ1v) is 9.35. The molecule has 0 bridgehead atoms. The van der Waals surface area contributed by atoms with Crippen molar-refractivity contribution in [2.45, 2.75) is 19.8 Å². The summed E-state index contributed by atoms with van der Waals surface area (Å²) in [4.78, 5) is 24.9. The predicted octanol–water partition coefficient (Wildman–Crippen LogP) is 3.85. The molecule has 1 saturated heterocycles. The zero-order valence-corrected chi connectivity index (χ0v) is 14.9. The largest absolute Gasteiger partial charge is 0.347 e. The Bertz CT molecular complexity index is 874. The van der Waals surface area contributed by atoms with Crippen LogP contribution in [0.5, 0.6) is 0 Å². The number of amides is 1. The first kappa shape index (κ1) is 16.0. The molecule has 1 amide bonds. The van der Waals surface area contributed by atoms with Gasteiger partial charge >= 0.3 is 0 Å². The molecule has 6 heteroatoms. The number of fused-ring (bicyclic) bond motifs is 1. The summed E-state index contributed by atoms with van der Waals surface area (Å²) in [5.41, 5.74) is 2.91. The second kappa shape index (κ2) is 6.80. The lowest BCUT2D eigenvalue weighted by atomic mass is 9.97. The first-order chi connectivity index (χ1) is 12.2. The van der Waals surface area contributed by atoms with Crippen molar-refractivity contribution in [1.29, 1.82) is 0 Å². The summed E-state index contributed by atoms with van der Waals surface area (Å²) in [5.74, 6) is 0.0755. The van der Waals surface area contributed by atoms with Gasteiger partial charge in [0, 0.05) is 25.0 Å². The molecule has 3 heterocycles. The molecule has 1 aromatic carbocycles. The molecule has 3 aromatic rings. The van der Waals surface area contributed by atoms with Crippen molar-refractivity contribution in [2.75, 3.05) is 23.3 Å². The fourth-order valence-electron chi connectivity index (χ4n) is 3.21. The van der Waals surface area contributed by atoms with E-state index in [9.17, 15) is 4.79 Å². The Balaban J connectivity index is 1.48. The Labute approximate surface area is 150 Å². The van der Waals surface area contributed by atoms with E-state index in [0.29, 0.717) is 6.54 Å². The van der Waals surface area contributed by atoms with E-state index in [1.165, 1.54) is 0 Å². The van der Waals surface area contributed by atoms with Crippen molar-refractivity contribution >= 4 is 38.4 Å². The highest BCUT2D eigenvalue weighted by molar-refractivity contribution is 7.21. The third kappa shape index (κ3) is 3.35. The fraction of sp³-hybridized carbons (Fsp3) is 0.316. The maximum atomic E-state index is 12.7. The number of aryl methyl sites for hydroxylation is 1. The van der Waals surface area contributed by atoms with Crippen molar-refractivity contribution in [2.24, 2.45) is 5.92 Å². The van der Waals surface area contributed by atoms with Gasteiger partial charge < -0.3 is 10.2 Å². The molecular weight excluding hydrogens is 332 g/mol. The summed E-state index contributed by atoms with van der Waals surface area (Å²) < 4.78 is 0. The van der Waals surface area contributed by atoms with Gasteiger partial charge in [0.2, 0.25) is 5.91 Å². The minimum Gasteiger partial charge on any atom is -0.347 e. The summed E-state index contributed by atoms with van der Waals surface area (Å²) >= 11 is 1.60. The highest BCUT2D eigenvalue weighted by Crippen LogP contribution is 2.30. The number of pyridine rings is 1. The number of nitrogens with zero attached hydrogens (tertiary/aromatic N) is 3. The standard InChI is InChI=1S/C19H20N4OS/c1-13-6-2-3-8-15(13)21-17(24)14-7-5-11-23(12-14)19-22-16-9-4-10-20-18(16)25-19/h2-4,6,8-10,14H,5,7,11-12H2,1H3,(H,21,24)/t14-/m1/s1. The number of hydrogen-bond donors (Lipinski definition) is 1. The second-order valence-electron chi connectivity index (χ2n) is 6.41. The molecule has 1 aliphatic heterocycles. The zero-order valence-electron chi connectivity index (χ0n) is 14.1. The average Bonchev–Trinajstić information content (AvgIpc) is 3.08. The highest BCUT2D eigenvalue weighted by Gasteiger charge is 2.27. The second-order valence-corrected chi connectivity index (χ2v) is 7.37. The molecular formula is C19H20N4OS. The molecule has 5 nitrogen and oxygen atoms in total. The van der Waals surface area contributed by atoms with E-state index >= 15 is 0 Å². The molecule has 4 rings (SSSR count). The number of nitrogens with one attached hydrogen (secondary N) is 1. The lowest BCUT2D eigenvalue weighted by Gasteiger charge is -2.31. The van der Waals surface area contributed by atoms with Crippen molar-refractivity contribution < 1.29 is 4.79 Å². The van der Waals surface area contributed by atoms with Gasteiger partial charge in [-0.15, -0.1) is 0 Å². The summed E-state index contributed by atoms with van der Waals surface area (Å²) in [7, 11) is 0. The number of para-hydroxylation sites is 1. The number of anilines is 2. The van der Waals surface area contributed by atoms with E-state index in [4.69, 9.17) is 0 Å². The van der Waals surface area contributed by atoms with Crippen LogP contribution in [0, 0.1) is 12.8 Å². The van der Waals surface area contributed by atoms with Gasteiger partial charge in [-0.3, -0.25) is 4.79 Å². The Morgan fingerprint density at radius 3 is 3.00 bits per heavy atom. The van der Waals surface area contributed by atoms with Crippen LogP contribution in [0.15, 0.2) is 42.6 Å². The molecule has 0 radical (unpaired) electrons. The van der Waals surface area contributed by atoms with E-state index in [-0.39, 0.29) is 11.8 Å². The van der Waals surface area contributed by atoms with Crippen LogP contribution in [0.3, 0.4) is 0 Å². The topological polar surface area (TPSA) is 58.1 Å². The Morgan fingerprint density at radius 2 is 2.16 bits per heavy atom. The van der Waals surface area contributed by atoms with Gasteiger partial charge in [0.15, 0.2) is 5.13 Å². The number of carbonyl (C=O) groups excluding carboxylic acids is 1. The van der Waals surface area contributed by atoms with E-state index in [2.05, 4.69) is 20.2 Å². The Hall–Kier alpha value is -2.47. The highest BCUT2D eigenvalue weighted by atomic mass is 32.1. The summed E-state index contributed by atoms with van der Waals surface area (Å²) in [6.45, 7) is 3.66. The number of aromatic nitrogens is 2. The molecule has 0 aliphatic carbocycles. The average molecular weight is 352 g/mol. The summed E-state index contributed by atoms with van der Waals surface area (Å²) in [6, 6.07) is 11.8. The Morgan fingerprint density at radius 1 is 1.28 bits per heavy atom. The SMILES string of the molecule is Cc1ccccc1NC(=O)[C@@H]1CCCN(c2nc3cccnc3s2)C1. The van der Waals surface area contributed by atoms with Crippen LogP contribution in [0.2, 0.25) is 0 Å². The smallest absolute Gasteiger partial charge is 0.229 e. The lowest BCUT2D eigenvalue weighted by molar-refractivity contribution is -0.120. The van der Waals surface area contributed by atoms with Crippen molar-refractivity contribution in [1.82, 2.24) is 9.97 Å². The lowest BCUT2D eigenvalue weighted by Crippen LogP contribution is -2.40. The summed E-state index contributed by atoms with van der Waals surface area (Å²) in [5, 5.41) is 4.04. The quantitative estimate of drug-likeness (QED) is 0.778. The van der Waals surface area contributed by atoms with Crippen LogP contribution >= 0.6 is 11.3 Å². The molecule has 1 fully saturated rings. The van der Waals surface area contributed by atoms with Gasteiger partial charge in [0.1, 0.15) is 10.3 Å². The van der Waals surface area contributed by atoms with Crippen molar-refractivity contribution in [3.05, 3.63) is 48.2 Å². The number of piperidine rings is 1. The third-order valence-corrected chi connectivity index (χ3v) is 5.66. The molecule has 0 unspecified atom stereocenters. The number of thiazole rings is 1. The monoisotopic (exact) mass is 352 g/mol. The Kier molecular flexibility index (Phi) is 4.36. The molecule has 2 aromatic heterocycles. The van der Waals surface area contributed by atoms with Crippen LogP contribution < -0.4 is 10.2 Å². The van der Waals surface area contributed by atoms with Crippen LogP contribution in [0.4, 0.5) is 10.8 Å². The van der Waals surface area contributed by atoms with E-state index in [1.54, 1.807) is 17.5 Å². The van der Waals surface area contributed by atoms with Crippen molar-refractivity contribution in [3.63, 3.8) is 0 Å². The molecule has 1 aliphatic rings. The van der Waals surface area contributed by atoms with Gasteiger partial charge in [0.05, 0.1) is 5.92 Å². The molecule has 0 saturated carbocycles. The van der Waals surface area contributed by atoms with E-state index < -0.39 is 0 Å². The van der Waals surface area contributed by atoms with Crippen LogP contribution in [-0.4, -0.2) is 29.0 Å².